The van der Waals surface area contributed by atoms with Crippen LogP contribution in [0.15, 0.2) is 36.4 Å². The number of rotatable bonds is 2. The van der Waals surface area contributed by atoms with Crippen molar-refractivity contribution < 1.29 is 14.6 Å². The van der Waals surface area contributed by atoms with Crippen molar-refractivity contribution in [3.63, 3.8) is 0 Å². The highest BCUT2D eigenvalue weighted by Gasteiger charge is 2.14. The minimum Gasteiger partial charge on any atom is -0.454 e. The predicted molar refractivity (Wildman–Crippen MR) is 68.9 cm³/mol. The molecule has 1 aliphatic heterocycles. The summed E-state index contributed by atoms with van der Waals surface area (Å²) in [6.45, 7) is 0.212. The Balaban J connectivity index is 2.02. The molecule has 3 rings (SSSR count). The van der Waals surface area contributed by atoms with Gasteiger partial charge >= 0.3 is 0 Å². The minimum absolute atomic E-state index is 0.0553. The van der Waals surface area contributed by atoms with Crippen molar-refractivity contribution in [2.24, 2.45) is 0 Å². The van der Waals surface area contributed by atoms with Gasteiger partial charge in [0, 0.05) is 5.02 Å². The van der Waals surface area contributed by atoms with Gasteiger partial charge in [0.15, 0.2) is 11.5 Å². The Labute approximate surface area is 110 Å². The second-order valence-electron chi connectivity index (χ2n) is 4.03. The fourth-order valence-electron chi connectivity index (χ4n) is 1.93. The molecule has 18 heavy (non-hydrogen) atoms. The number of aliphatic hydroxyl groups is 1. The maximum absolute atomic E-state index is 9.09. The number of hydrogen-bond donors (Lipinski definition) is 1. The van der Waals surface area contributed by atoms with Gasteiger partial charge in [-0.25, -0.2) is 0 Å². The predicted octanol–water partition coefficient (Wildman–Crippen LogP) is 3.23. The molecule has 0 saturated carbocycles. The van der Waals surface area contributed by atoms with Crippen LogP contribution >= 0.6 is 11.6 Å². The lowest BCUT2D eigenvalue weighted by Gasteiger charge is -2.06. The minimum atomic E-state index is -0.0553. The van der Waals surface area contributed by atoms with E-state index >= 15 is 0 Å². The van der Waals surface area contributed by atoms with Gasteiger partial charge in [-0.3, -0.25) is 0 Å². The van der Waals surface area contributed by atoms with Crippen molar-refractivity contribution in [2.45, 2.75) is 6.61 Å². The number of aliphatic hydroxyl groups excluding tert-OH is 1. The van der Waals surface area contributed by atoms with E-state index in [1.165, 1.54) is 0 Å². The van der Waals surface area contributed by atoms with Crippen molar-refractivity contribution in [1.29, 1.82) is 0 Å². The van der Waals surface area contributed by atoms with Crippen LogP contribution in [0, 0.1) is 0 Å². The summed E-state index contributed by atoms with van der Waals surface area (Å²) in [6.07, 6.45) is 0. The molecule has 2 aromatic rings. The van der Waals surface area contributed by atoms with Crippen molar-refractivity contribution >= 4 is 11.6 Å². The summed E-state index contributed by atoms with van der Waals surface area (Å²) in [4.78, 5) is 0. The van der Waals surface area contributed by atoms with E-state index in [0.717, 1.165) is 28.2 Å². The van der Waals surface area contributed by atoms with Gasteiger partial charge in [0.05, 0.1) is 6.61 Å². The highest BCUT2D eigenvalue weighted by Crippen LogP contribution is 2.36. The third kappa shape index (κ3) is 1.92. The second-order valence-corrected chi connectivity index (χ2v) is 4.44. The fraction of sp³-hybridized carbons (Fsp3) is 0.143. The second kappa shape index (κ2) is 4.52. The van der Waals surface area contributed by atoms with Crippen LogP contribution in [0.4, 0.5) is 0 Å². The zero-order valence-electron chi connectivity index (χ0n) is 9.52. The summed E-state index contributed by atoms with van der Waals surface area (Å²) in [5, 5.41) is 9.65. The van der Waals surface area contributed by atoms with E-state index in [1.54, 1.807) is 0 Å². The maximum atomic E-state index is 9.09. The normalized spacial score (nSPS) is 12.8. The SMILES string of the molecule is OCc1ccc(-c2ccc3c(c2)OCO3)cc1Cl. The third-order valence-electron chi connectivity index (χ3n) is 2.93. The highest BCUT2D eigenvalue weighted by atomic mass is 35.5. The number of fused-ring (bicyclic) bond motifs is 1. The molecule has 0 radical (unpaired) electrons. The van der Waals surface area contributed by atoms with Gasteiger partial charge in [0.2, 0.25) is 6.79 Å². The number of hydrogen-bond acceptors (Lipinski definition) is 3. The van der Waals surface area contributed by atoms with E-state index in [0.29, 0.717) is 5.02 Å². The maximum Gasteiger partial charge on any atom is 0.231 e. The van der Waals surface area contributed by atoms with Gasteiger partial charge < -0.3 is 14.6 Å². The Hall–Kier alpha value is -1.71. The smallest absolute Gasteiger partial charge is 0.231 e. The van der Waals surface area contributed by atoms with Crippen LogP contribution in [0.2, 0.25) is 5.02 Å². The molecule has 4 heteroatoms. The van der Waals surface area contributed by atoms with E-state index < -0.39 is 0 Å². The third-order valence-corrected chi connectivity index (χ3v) is 3.28. The lowest BCUT2D eigenvalue weighted by atomic mass is 10.0. The lowest BCUT2D eigenvalue weighted by molar-refractivity contribution is 0.174. The van der Waals surface area contributed by atoms with Crippen LogP contribution in [-0.4, -0.2) is 11.9 Å². The largest absolute Gasteiger partial charge is 0.454 e. The van der Waals surface area contributed by atoms with Gasteiger partial charge in [-0.15, -0.1) is 0 Å². The summed E-state index contributed by atoms with van der Waals surface area (Å²) in [6, 6.07) is 11.3. The molecule has 0 saturated heterocycles. The quantitative estimate of drug-likeness (QED) is 0.903. The van der Waals surface area contributed by atoms with Crippen LogP contribution in [0.3, 0.4) is 0 Å². The monoisotopic (exact) mass is 262 g/mol. The van der Waals surface area contributed by atoms with Gasteiger partial charge in [-0.05, 0) is 34.9 Å². The van der Waals surface area contributed by atoms with Crippen LogP contribution < -0.4 is 9.47 Å². The first-order valence-corrected chi connectivity index (χ1v) is 5.95. The lowest BCUT2D eigenvalue weighted by Crippen LogP contribution is -1.92. The molecule has 92 valence electrons. The molecule has 1 aliphatic rings. The molecule has 0 bridgehead atoms. The molecule has 0 unspecified atom stereocenters. The molecule has 0 amide bonds. The van der Waals surface area contributed by atoms with Gasteiger partial charge in [-0.2, -0.15) is 0 Å². The van der Waals surface area contributed by atoms with Crippen molar-refractivity contribution in [1.82, 2.24) is 0 Å². The first-order chi connectivity index (χ1) is 8.78. The molecule has 0 atom stereocenters. The Kier molecular flexibility index (Phi) is 2.86. The Morgan fingerprint density at radius 1 is 1.00 bits per heavy atom. The molecular formula is C14H11ClO3. The van der Waals surface area contributed by atoms with E-state index in [2.05, 4.69) is 0 Å². The fourth-order valence-corrected chi connectivity index (χ4v) is 2.17. The van der Waals surface area contributed by atoms with E-state index in [9.17, 15) is 0 Å². The molecule has 1 heterocycles. The van der Waals surface area contributed by atoms with Crippen LogP contribution in [0.5, 0.6) is 11.5 Å². The molecule has 2 aromatic carbocycles. The molecule has 0 fully saturated rings. The average molecular weight is 263 g/mol. The first kappa shape index (κ1) is 11.4. The number of ether oxygens (including phenoxy) is 2. The van der Waals surface area contributed by atoms with Gasteiger partial charge in [0.1, 0.15) is 0 Å². The average Bonchev–Trinajstić information content (AvgIpc) is 2.85. The summed E-state index contributed by atoms with van der Waals surface area (Å²) in [5.74, 6) is 1.51. The van der Waals surface area contributed by atoms with E-state index in [-0.39, 0.29) is 13.4 Å². The van der Waals surface area contributed by atoms with Crippen molar-refractivity contribution in [3.8, 4) is 22.6 Å². The summed E-state index contributed by atoms with van der Waals surface area (Å²) < 4.78 is 10.6. The Bertz CT molecular complexity index is 596. The topological polar surface area (TPSA) is 38.7 Å². The van der Waals surface area contributed by atoms with Crippen molar-refractivity contribution in [2.75, 3.05) is 6.79 Å². The number of benzene rings is 2. The summed E-state index contributed by atoms with van der Waals surface area (Å²) in [7, 11) is 0. The zero-order chi connectivity index (χ0) is 12.5. The molecule has 0 spiro atoms. The Morgan fingerprint density at radius 3 is 2.50 bits per heavy atom. The summed E-state index contributed by atoms with van der Waals surface area (Å²) in [5.41, 5.74) is 2.71. The first-order valence-electron chi connectivity index (χ1n) is 5.57. The molecule has 1 N–H and O–H groups in total. The van der Waals surface area contributed by atoms with Crippen LogP contribution in [0.1, 0.15) is 5.56 Å². The van der Waals surface area contributed by atoms with Gasteiger partial charge in [-0.1, -0.05) is 29.8 Å². The Morgan fingerprint density at radius 2 is 1.72 bits per heavy atom. The zero-order valence-corrected chi connectivity index (χ0v) is 10.3. The van der Waals surface area contributed by atoms with Crippen molar-refractivity contribution in [3.05, 3.63) is 47.0 Å². The molecule has 3 nitrogen and oxygen atoms in total. The standard InChI is InChI=1S/C14H11ClO3/c15-12-5-9(1-2-11(12)7-16)10-3-4-13-14(6-10)18-8-17-13/h1-6,16H,7-8H2. The van der Waals surface area contributed by atoms with Crippen LogP contribution in [-0.2, 0) is 6.61 Å². The van der Waals surface area contributed by atoms with Crippen LogP contribution in [0.25, 0.3) is 11.1 Å². The highest BCUT2D eigenvalue weighted by molar-refractivity contribution is 6.31. The summed E-state index contributed by atoms with van der Waals surface area (Å²) >= 11 is 6.08. The molecule has 0 aliphatic carbocycles. The number of halogens is 1. The van der Waals surface area contributed by atoms with E-state index in [1.807, 2.05) is 36.4 Å². The van der Waals surface area contributed by atoms with E-state index in [4.69, 9.17) is 26.2 Å². The molecular weight excluding hydrogens is 252 g/mol. The molecule has 0 aromatic heterocycles. The van der Waals surface area contributed by atoms with Gasteiger partial charge in [0.25, 0.3) is 0 Å².